The Kier molecular flexibility index (Phi) is 6.02. The molecule has 1 amide bonds. The Balaban J connectivity index is 1.62. The van der Waals surface area contributed by atoms with Crippen LogP contribution in [0.3, 0.4) is 0 Å². The highest BCUT2D eigenvalue weighted by molar-refractivity contribution is 8.00. The summed E-state index contributed by atoms with van der Waals surface area (Å²) in [5.74, 6) is 0.430. The van der Waals surface area contributed by atoms with Gasteiger partial charge in [0.05, 0.1) is 6.54 Å². The van der Waals surface area contributed by atoms with E-state index >= 15 is 0 Å². The fourth-order valence-electron chi connectivity index (χ4n) is 3.89. The first-order valence-electron chi connectivity index (χ1n) is 9.04. The highest BCUT2D eigenvalue weighted by Gasteiger charge is 2.33. The summed E-state index contributed by atoms with van der Waals surface area (Å²) in [6.45, 7) is 4.26. The number of carbonyl (C=O) groups excluding carboxylic acids is 1. The van der Waals surface area contributed by atoms with Crippen LogP contribution in [0.4, 0.5) is 0 Å². The van der Waals surface area contributed by atoms with Crippen molar-refractivity contribution in [3.8, 4) is 0 Å². The zero-order valence-corrected chi connectivity index (χ0v) is 15.5. The first-order valence-corrected chi connectivity index (χ1v) is 10.1. The van der Waals surface area contributed by atoms with Gasteiger partial charge in [-0.3, -0.25) is 14.5 Å². The minimum atomic E-state index is -0.782. The second kappa shape index (κ2) is 8.23. The van der Waals surface area contributed by atoms with Crippen molar-refractivity contribution >= 4 is 23.6 Å². The van der Waals surface area contributed by atoms with Gasteiger partial charge in [0.25, 0.3) is 0 Å². The van der Waals surface area contributed by atoms with Gasteiger partial charge in [-0.15, -0.1) is 11.8 Å². The van der Waals surface area contributed by atoms with Crippen molar-refractivity contribution in [2.75, 3.05) is 31.9 Å². The van der Waals surface area contributed by atoms with Gasteiger partial charge in [0.1, 0.15) is 5.25 Å². The van der Waals surface area contributed by atoms with Gasteiger partial charge >= 0.3 is 5.97 Å². The number of thioether (sulfide) groups is 1. The molecule has 2 aliphatic heterocycles. The van der Waals surface area contributed by atoms with Gasteiger partial charge in [-0.1, -0.05) is 31.2 Å². The molecular formula is C19H26N2O3S. The minimum Gasteiger partial charge on any atom is -0.480 e. The topological polar surface area (TPSA) is 60.9 Å². The van der Waals surface area contributed by atoms with E-state index in [0.29, 0.717) is 0 Å². The number of fused-ring (bicyclic) bond motifs is 1. The van der Waals surface area contributed by atoms with E-state index in [2.05, 4.69) is 12.1 Å². The average Bonchev–Trinajstić information content (AvgIpc) is 2.65. The first-order chi connectivity index (χ1) is 12.1. The molecule has 136 valence electrons. The van der Waals surface area contributed by atoms with Crippen LogP contribution >= 0.6 is 11.8 Å². The van der Waals surface area contributed by atoms with Crippen LogP contribution < -0.4 is 0 Å². The van der Waals surface area contributed by atoms with Gasteiger partial charge in [-0.25, -0.2) is 0 Å². The standard InChI is InChI=1S/C19H26N2O3S/c1-2-20(13-17(22)23)15-7-10-21(11-8-15)19(24)18-16-6-4-3-5-14(16)9-12-25-18/h3-6,15,18H,2,7-13H2,1H3,(H,22,23)/t18-/m1/s1. The van der Waals surface area contributed by atoms with Crippen LogP contribution in [0.15, 0.2) is 24.3 Å². The van der Waals surface area contributed by atoms with E-state index < -0.39 is 5.97 Å². The Morgan fingerprint density at radius 3 is 2.68 bits per heavy atom. The van der Waals surface area contributed by atoms with Gasteiger partial charge in [-0.05, 0) is 42.7 Å². The molecule has 1 N–H and O–H groups in total. The maximum atomic E-state index is 13.0. The molecule has 0 aromatic heterocycles. The summed E-state index contributed by atoms with van der Waals surface area (Å²) in [7, 11) is 0. The van der Waals surface area contributed by atoms with Crippen molar-refractivity contribution in [2.45, 2.75) is 37.5 Å². The maximum Gasteiger partial charge on any atom is 0.317 e. The highest BCUT2D eigenvalue weighted by atomic mass is 32.2. The zero-order chi connectivity index (χ0) is 17.8. The molecule has 0 saturated carbocycles. The first kappa shape index (κ1) is 18.3. The quantitative estimate of drug-likeness (QED) is 0.872. The number of hydrogen-bond acceptors (Lipinski definition) is 4. The molecule has 2 heterocycles. The Morgan fingerprint density at radius 2 is 2.00 bits per heavy atom. The molecule has 0 bridgehead atoms. The molecule has 0 spiro atoms. The number of rotatable bonds is 5. The number of piperidine rings is 1. The average molecular weight is 362 g/mol. The molecule has 0 unspecified atom stereocenters. The summed E-state index contributed by atoms with van der Waals surface area (Å²) in [5, 5.41) is 8.96. The van der Waals surface area contributed by atoms with Crippen LogP contribution in [0.25, 0.3) is 0 Å². The van der Waals surface area contributed by atoms with Gasteiger partial charge in [0.2, 0.25) is 5.91 Å². The number of carbonyl (C=O) groups is 2. The lowest BCUT2D eigenvalue weighted by molar-refractivity contribution is -0.140. The van der Waals surface area contributed by atoms with E-state index in [0.717, 1.165) is 44.6 Å². The number of carboxylic acids is 1. The summed E-state index contributed by atoms with van der Waals surface area (Å²) in [4.78, 5) is 28.0. The molecular weight excluding hydrogens is 336 g/mol. The number of hydrogen-bond donors (Lipinski definition) is 1. The number of carboxylic acid groups (broad SMARTS) is 1. The zero-order valence-electron chi connectivity index (χ0n) is 14.7. The van der Waals surface area contributed by atoms with Crippen molar-refractivity contribution in [3.63, 3.8) is 0 Å². The van der Waals surface area contributed by atoms with Crippen molar-refractivity contribution in [2.24, 2.45) is 0 Å². The molecule has 25 heavy (non-hydrogen) atoms. The van der Waals surface area contributed by atoms with Crippen LogP contribution in [0, 0.1) is 0 Å². The highest BCUT2D eigenvalue weighted by Crippen LogP contribution is 2.38. The van der Waals surface area contributed by atoms with E-state index in [9.17, 15) is 9.59 Å². The van der Waals surface area contributed by atoms with Gasteiger partial charge in [-0.2, -0.15) is 0 Å². The van der Waals surface area contributed by atoms with Crippen LogP contribution in [0.1, 0.15) is 36.1 Å². The maximum absolute atomic E-state index is 13.0. The summed E-state index contributed by atoms with van der Waals surface area (Å²) >= 11 is 1.75. The SMILES string of the molecule is CCN(CC(=O)O)C1CCN(C(=O)[C@@H]2SCCc3ccccc32)CC1. The molecule has 1 fully saturated rings. The van der Waals surface area contributed by atoms with Crippen molar-refractivity contribution in [1.82, 2.24) is 9.80 Å². The molecule has 1 atom stereocenters. The predicted molar refractivity (Wildman–Crippen MR) is 99.8 cm³/mol. The van der Waals surface area contributed by atoms with Gasteiger partial charge in [0, 0.05) is 19.1 Å². The molecule has 1 saturated heterocycles. The fraction of sp³-hybridized carbons (Fsp3) is 0.579. The number of amides is 1. The van der Waals surface area contributed by atoms with Crippen molar-refractivity contribution < 1.29 is 14.7 Å². The number of likely N-dealkylation sites (N-methyl/N-ethyl adjacent to an activating group) is 1. The van der Waals surface area contributed by atoms with E-state index in [1.807, 2.05) is 28.9 Å². The van der Waals surface area contributed by atoms with Crippen molar-refractivity contribution in [3.05, 3.63) is 35.4 Å². The Labute approximate surface area is 153 Å². The molecule has 2 aliphatic rings. The number of likely N-dealkylation sites (tertiary alicyclic amines) is 1. The Hall–Kier alpha value is -1.53. The molecule has 0 radical (unpaired) electrons. The van der Waals surface area contributed by atoms with E-state index in [1.54, 1.807) is 11.8 Å². The second-order valence-corrected chi connectivity index (χ2v) is 7.93. The molecule has 5 nitrogen and oxygen atoms in total. The van der Waals surface area contributed by atoms with Crippen LogP contribution in [-0.4, -0.2) is 64.8 Å². The van der Waals surface area contributed by atoms with Crippen molar-refractivity contribution in [1.29, 1.82) is 0 Å². The van der Waals surface area contributed by atoms with E-state index in [-0.39, 0.29) is 23.7 Å². The van der Waals surface area contributed by atoms with E-state index in [4.69, 9.17) is 5.11 Å². The monoisotopic (exact) mass is 362 g/mol. The second-order valence-electron chi connectivity index (χ2n) is 6.71. The molecule has 6 heteroatoms. The third-order valence-corrected chi connectivity index (χ3v) is 6.48. The number of aryl methyl sites for hydroxylation is 1. The Bertz CT molecular complexity index is 629. The third kappa shape index (κ3) is 4.18. The normalized spacial score (nSPS) is 21.2. The summed E-state index contributed by atoms with van der Waals surface area (Å²) in [6, 6.07) is 8.54. The smallest absolute Gasteiger partial charge is 0.317 e. The summed E-state index contributed by atoms with van der Waals surface area (Å²) in [6.07, 6.45) is 2.74. The fourth-order valence-corrected chi connectivity index (χ4v) is 5.16. The molecule has 1 aromatic carbocycles. The number of nitrogens with zero attached hydrogens (tertiary/aromatic N) is 2. The van der Waals surface area contributed by atoms with Crippen LogP contribution in [0.2, 0.25) is 0 Å². The third-order valence-electron chi connectivity index (χ3n) is 5.25. The lowest BCUT2D eigenvalue weighted by atomic mass is 9.99. The summed E-state index contributed by atoms with van der Waals surface area (Å²) in [5.41, 5.74) is 2.47. The van der Waals surface area contributed by atoms with Gasteiger partial charge in [0.15, 0.2) is 0 Å². The molecule has 0 aliphatic carbocycles. The van der Waals surface area contributed by atoms with E-state index in [1.165, 1.54) is 11.1 Å². The number of benzene rings is 1. The van der Waals surface area contributed by atoms with Crippen LogP contribution in [-0.2, 0) is 16.0 Å². The number of aliphatic carboxylic acids is 1. The molecule has 1 aromatic rings. The lowest BCUT2D eigenvalue weighted by Crippen LogP contribution is -2.49. The van der Waals surface area contributed by atoms with Gasteiger partial charge < -0.3 is 10.0 Å². The minimum absolute atomic E-state index is 0.0807. The Morgan fingerprint density at radius 1 is 1.28 bits per heavy atom. The lowest BCUT2D eigenvalue weighted by Gasteiger charge is -2.39. The molecule has 3 rings (SSSR count). The summed E-state index contributed by atoms with van der Waals surface area (Å²) < 4.78 is 0. The largest absolute Gasteiger partial charge is 0.480 e. The van der Waals surface area contributed by atoms with Crippen LogP contribution in [0.5, 0.6) is 0 Å². The predicted octanol–water partition coefficient (Wildman–Crippen LogP) is 2.41.